The minimum absolute atomic E-state index is 0.985. The Morgan fingerprint density at radius 1 is 1.00 bits per heavy atom. The molecule has 0 atom stereocenters. The molecule has 0 aliphatic rings. The highest BCUT2D eigenvalue weighted by atomic mass is 15.0. The molecule has 98 valence electrons. The predicted molar refractivity (Wildman–Crippen MR) is 84.9 cm³/mol. The Kier molecular flexibility index (Phi) is 3.46. The van der Waals surface area contributed by atoms with Crippen LogP contribution in [0, 0.1) is 0 Å². The number of pyridine rings is 1. The predicted octanol–water partition coefficient (Wildman–Crippen LogP) is 4.61. The molecule has 0 bridgehead atoms. The normalized spacial score (nSPS) is 11.8. The van der Waals surface area contributed by atoms with Gasteiger partial charge in [0.15, 0.2) is 0 Å². The van der Waals surface area contributed by atoms with Gasteiger partial charge < -0.3 is 4.57 Å². The van der Waals surface area contributed by atoms with E-state index in [4.69, 9.17) is 0 Å². The summed E-state index contributed by atoms with van der Waals surface area (Å²) in [5.41, 5.74) is 3.29. The molecule has 1 aromatic carbocycles. The van der Waals surface area contributed by atoms with Crippen molar-refractivity contribution in [2.45, 2.75) is 6.92 Å². The third-order valence-corrected chi connectivity index (χ3v) is 3.21. The molecule has 0 aliphatic heterocycles. The van der Waals surface area contributed by atoms with E-state index in [1.807, 2.05) is 49.5 Å². The molecule has 2 heteroatoms. The van der Waals surface area contributed by atoms with E-state index in [1.54, 1.807) is 0 Å². The molecular formula is C18H16N2. The van der Waals surface area contributed by atoms with E-state index in [9.17, 15) is 0 Å². The van der Waals surface area contributed by atoms with Crippen LogP contribution in [0.5, 0.6) is 0 Å². The SMILES string of the molecule is C/C=C\C=C/c1cn(-c2ccccc2)c2ncccc12. The van der Waals surface area contributed by atoms with Crippen LogP contribution in [0.3, 0.4) is 0 Å². The fourth-order valence-corrected chi connectivity index (χ4v) is 2.27. The first-order valence-electron chi connectivity index (χ1n) is 6.71. The number of fused-ring (bicyclic) bond motifs is 1. The van der Waals surface area contributed by atoms with E-state index in [0.29, 0.717) is 0 Å². The molecule has 0 amide bonds. The van der Waals surface area contributed by atoms with Crippen LogP contribution in [0.25, 0.3) is 22.8 Å². The van der Waals surface area contributed by atoms with E-state index in [0.717, 1.165) is 16.7 Å². The zero-order valence-electron chi connectivity index (χ0n) is 11.4. The molecular weight excluding hydrogens is 244 g/mol. The smallest absolute Gasteiger partial charge is 0.145 e. The first-order valence-corrected chi connectivity index (χ1v) is 6.71. The molecule has 3 rings (SSSR count). The van der Waals surface area contributed by atoms with Gasteiger partial charge in [-0.05, 0) is 31.2 Å². The van der Waals surface area contributed by atoms with Crippen LogP contribution in [-0.4, -0.2) is 9.55 Å². The molecule has 0 radical (unpaired) electrons. The third kappa shape index (κ3) is 2.28. The summed E-state index contributed by atoms with van der Waals surface area (Å²) >= 11 is 0. The highest BCUT2D eigenvalue weighted by Gasteiger charge is 2.08. The first kappa shape index (κ1) is 12.4. The second-order valence-electron chi connectivity index (χ2n) is 4.55. The second kappa shape index (κ2) is 5.57. The van der Waals surface area contributed by atoms with Crippen LogP contribution in [0.15, 0.2) is 73.1 Å². The molecule has 2 heterocycles. The molecule has 0 saturated heterocycles. The molecule has 0 fully saturated rings. The summed E-state index contributed by atoms with van der Waals surface area (Å²) in [6.07, 6.45) is 12.2. The molecule has 2 nitrogen and oxygen atoms in total. The third-order valence-electron chi connectivity index (χ3n) is 3.21. The number of allylic oxidation sites excluding steroid dienone is 3. The lowest BCUT2D eigenvalue weighted by atomic mass is 10.2. The molecule has 0 N–H and O–H groups in total. The van der Waals surface area contributed by atoms with Crippen LogP contribution in [0.1, 0.15) is 12.5 Å². The van der Waals surface area contributed by atoms with E-state index in [2.05, 4.69) is 46.1 Å². The van der Waals surface area contributed by atoms with Gasteiger partial charge in [0.2, 0.25) is 0 Å². The maximum atomic E-state index is 4.52. The van der Waals surface area contributed by atoms with Gasteiger partial charge in [0.05, 0.1) is 0 Å². The van der Waals surface area contributed by atoms with Gasteiger partial charge in [-0.2, -0.15) is 0 Å². The molecule has 0 spiro atoms. The van der Waals surface area contributed by atoms with Crippen molar-refractivity contribution in [3.63, 3.8) is 0 Å². The molecule has 0 saturated carbocycles. The minimum atomic E-state index is 0.985. The van der Waals surface area contributed by atoms with Crippen LogP contribution in [0.2, 0.25) is 0 Å². The Balaban J connectivity index is 2.19. The Labute approximate surface area is 118 Å². The summed E-state index contributed by atoms with van der Waals surface area (Å²) in [6, 6.07) is 14.4. The number of hydrogen-bond acceptors (Lipinski definition) is 1. The van der Waals surface area contributed by atoms with Gasteiger partial charge in [-0.3, -0.25) is 0 Å². The van der Waals surface area contributed by atoms with Crippen molar-refractivity contribution >= 4 is 17.1 Å². The number of hydrogen-bond donors (Lipinski definition) is 0. The number of para-hydroxylation sites is 1. The second-order valence-corrected chi connectivity index (χ2v) is 4.55. The lowest BCUT2D eigenvalue weighted by molar-refractivity contribution is 1.09. The fourth-order valence-electron chi connectivity index (χ4n) is 2.27. The van der Waals surface area contributed by atoms with Gasteiger partial charge in [-0.1, -0.05) is 42.5 Å². The van der Waals surface area contributed by atoms with Gasteiger partial charge in [-0.15, -0.1) is 0 Å². The summed E-state index contributed by atoms with van der Waals surface area (Å²) in [4.78, 5) is 4.52. The molecule has 0 unspecified atom stereocenters. The van der Waals surface area contributed by atoms with Gasteiger partial charge >= 0.3 is 0 Å². The maximum absolute atomic E-state index is 4.52. The Hall–Kier alpha value is -2.61. The lowest BCUT2D eigenvalue weighted by Crippen LogP contribution is -1.92. The largest absolute Gasteiger partial charge is 0.301 e. The zero-order chi connectivity index (χ0) is 13.8. The number of rotatable bonds is 3. The van der Waals surface area contributed by atoms with Crippen molar-refractivity contribution in [3.05, 3.63) is 78.6 Å². The van der Waals surface area contributed by atoms with Crippen LogP contribution in [0.4, 0.5) is 0 Å². The van der Waals surface area contributed by atoms with Crippen molar-refractivity contribution in [2.24, 2.45) is 0 Å². The van der Waals surface area contributed by atoms with E-state index in [1.165, 1.54) is 5.56 Å². The average Bonchev–Trinajstić information content (AvgIpc) is 2.88. The summed E-state index contributed by atoms with van der Waals surface area (Å²) in [7, 11) is 0. The van der Waals surface area contributed by atoms with Crippen LogP contribution >= 0.6 is 0 Å². The number of benzene rings is 1. The minimum Gasteiger partial charge on any atom is -0.301 e. The summed E-state index contributed by atoms with van der Waals surface area (Å²) in [5, 5.41) is 1.16. The summed E-state index contributed by atoms with van der Waals surface area (Å²) in [6.45, 7) is 2.01. The van der Waals surface area contributed by atoms with Gasteiger partial charge in [0, 0.05) is 29.0 Å². The fraction of sp³-hybridized carbons (Fsp3) is 0.0556. The van der Waals surface area contributed by atoms with Crippen molar-refractivity contribution in [1.29, 1.82) is 0 Å². The van der Waals surface area contributed by atoms with Crippen molar-refractivity contribution < 1.29 is 0 Å². The van der Waals surface area contributed by atoms with E-state index in [-0.39, 0.29) is 0 Å². The van der Waals surface area contributed by atoms with E-state index < -0.39 is 0 Å². The van der Waals surface area contributed by atoms with Crippen molar-refractivity contribution in [1.82, 2.24) is 9.55 Å². The van der Waals surface area contributed by atoms with Gasteiger partial charge in [-0.25, -0.2) is 4.98 Å². The van der Waals surface area contributed by atoms with Crippen molar-refractivity contribution in [2.75, 3.05) is 0 Å². The van der Waals surface area contributed by atoms with Crippen LogP contribution < -0.4 is 0 Å². The Morgan fingerprint density at radius 2 is 1.85 bits per heavy atom. The standard InChI is InChI=1S/C18H16N2/c1-2-3-5-9-15-14-20(16-10-6-4-7-11-16)18-17(15)12-8-13-19-18/h2-14H,1H3/b3-2-,9-5-. The molecule has 2 aromatic heterocycles. The summed E-state index contributed by atoms with van der Waals surface area (Å²) < 4.78 is 2.13. The lowest BCUT2D eigenvalue weighted by Gasteiger charge is -2.03. The van der Waals surface area contributed by atoms with Crippen molar-refractivity contribution in [3.8, 4) is 5.69 Å². The molecule has 3 aromatic rings. The van der Waals surface area contributed by atoms with E-state index >= 15 is 0 Å². The highest BCUT2D eigenvalue weighted by molar-refractivity contribution is 5.88. The van der Waals surface area contributed by atoms with Gasteiger partial charge in [0.25, 0.3) is 0 Å². The van der Waals surface area contributed by atoms with Gasteiger partial charge in [0.1, 0.15) is 5.65 Å². The van der Waals surface area contributed by atoms with Crippen LogP contribution in [-0.2, 0) is 0 Å². The Morgan fingerprint density at radius 3 is 2.65 bits per heavy atom. The number of aromatic nitrogens is 2. The average molecular weight is 260 g/mol. The quantitative estimate of drug-likeness (QED) is 0.628. The maximum Gasteiger partial charge on any atom is 0.145 e. The molecule has 20 heavy (non-hydrogen) atoms. The monoisotopic (exact) mass is 260 g/mol. The number of nitrogens with zero attached hydrogens (tertiary/aromatic N) is 2. The topological polar surface area (TPSA) is 17.8 Å². The molecule has 0 aliphatic carbocycles. The highest BCUT2D eigenvalue weighted by Crippen LogP contribution is 2.24. The summed E-state index contributed by atoms with van der Waals surface area (Å²) in [5.74, 6) is 0. The Bertz CT molecular complexity index is 764. The zero-order valence-corrected chi connectivity index (χ0v) is 11.4. The first-order chi connectivity index (χ1) is 9.90.